The zero-order chi connectivity index (χ0) is 19.7. The fourth-order valence-corrected chi connectivity index (χ4v) is 4.88. The minimum absolute atomic E-state index is 0.0262. The van der Waals surface area contributed by atoms with E-state index >= 15 is 0 Å². The van der Waals surface area contributed by atoms with E-state index in [-0.39, 0.29) is 5.91 Å². The normalized spacial score (nSPS) is 15.5. The lowest BCUT2D eigenvalue weighted by molar-refractivity contribution is 0.0945. The van der Waals surface area contributed by atoms with Crippen LogP contribution in [-0.4, -0.2) is 36.5 Å². The number of amides is 1. The molecule has 0 bridgehead atoms. The summed E-state index contributed by atoms with van der Waals surface area (Å²) in [4.78, 5) is 14.1. The smallest absolute Gasteiger partial charge is 0.267 e. The molecule has 2 heterocycles. The summed E-state index contributed by atoms with van der Waals surface area (Å²) in [6.45, 7) is 3.61. The fourth-order valence-electron chi connectivity index (χ4n) is 3.72. The molecule has 6 heteroatoms. The minimum Gasteiger partial charge on any atom is -0.493 e. The lowest BCUT2D eigenvalue weighted by Crippen LogP contribution is -2.29. The van der Waals surface area contributed by atoms with Gasteiger partial charge in [0.15, 0.2) is 11.5 Å². The summed E-state index contributed by atoms with van der Waals surface area (Å²) in [6, 6.07) is 14.1. The van der Waals surface area contributed by atoms with E-state index in [0.717, 1.165) is 29.6 Å². The Kier molecular flexibility index (Phi) is 5.22. The van der Waals surface area contributed by atoms with Gasteiger partial charge in [0.05, 0.1) is 19.7 Å². The third-order valence-corrected chi connectivity index (χ3v) is 6.17. The van der Waals surface area contributed by atoms with E-state index in [2.05, 4.69) is 35.0 Å². The topological polar surface area (TPSA) is 52.5 Å². The average molecular weight is 397 g/mol. The highest BCUT2D eigenvalue weighted by atomic mass is 32.2. The Bertz CT molecular complexity index is 1030. The molecule has 5 nitrogen and oxygen atoms in total. The summed E-state index contributed by atoms with van der Waals surface area (Å²) in [7, 11) is 3.25. The molecule has 1 atom stereocenters. The van der Waals surface area contributed by atoms with E-state index in [1.165, 1.54) is 10.4 Å². The molecular weight excluding hydrogens is 372 g/mol. The summed E-state index contributed by atoms with van der Waals surface area (Å²) in [5, 5.41) is 4.64. The van der Waals surface area contributed by atoms with Crippen LogP contribution in [0.1, 0.15) is 23.0 Å². The number of benzene rings is 2. The molecule has 3 aromatic rings. The molecule has 0 unspecified atom stereocenters. The molecular formula is C22H24N2O3S. The molecule has 4 rings (SSSR count). The van der Waals surface area contributed by atoms with E-state index in [0.29, 0.717) is 23.3 Å². The number of ether oxygens (including phenoxy) is 2. The predicted octanol–water partition coefficient (Wildman–Crippen LogP) is 4.13. The standard InChI is InChI=1S/C22H24N2O3S/c1-14-13-24-17(12-16-5-4-6-20(28-14)21(16)24)22(25)23-10-9-15-7-8-18(26-2)19(11-15)27-3/h4-8,11-12,14H,9-10,13H2,1-3H3,(H,23,25)/t14-/m0/s1. The van der Waals surface area contributed by atoms with Gasteiger partial charge in [0, 0.05) is 28.6 Å². The lowest BCUT2D eigenvalue weighted by Gasteiger charge is -2.22. The molecule has 0 saturated heterocycles. The van der Waals surface area contributed by atoms with Gasteiger partial charge in [0.1, 0.15) is 5.69 Å². The Morgan fingerprint density at radius 2 is 2.00 bits per heavy atom. The van der Waals surface area contributed by atoms with Gasteiger partial charge < -0.3 is 19.4 Å². The number of para-hydroxylation sites is 1. The molecule has 1 amide bonds. The van der Waals surface area contributed by atoms with Crippen LogP contribution in [0.5, 0.6) is 11.5 Å². The van der Waals surface area contributed by atoms with E-state index < -0.39 is 0 Å². The van der Waals surface area contributed by atoms with Gasteiger partial charge in [-0.05, 0) is 36.2 Å². The zero-order valence-corrected chi connectivity index (χ0v) is 17.1. The first-order valence-corrected chi connectivity index (χ1v) is 10.3. The molecule has 1 aliphatic heterocycles. The summed E-state index contributed by atoms with van der Waals surface area (Å²) in [5.74, 6) is 1.38. The highest BCUT2D eigenvalue weighted by Gasteiger charge is 2.23. The second kappa shape index (κ2) is 7.80. The quantitative estimate of drug-likeness (QED) is 0.681. The van der Waals surface area contributed by atoms with Gasteiger partial charge in [0.2, 0.25) is 0 Å². The Morgan fingerprint density at radius 3 is 2.79 bits per heavy atom. The molecule has 2 aromatic carbocycles. The molecule has 0 radical (unpaired) electrons. The van der Waals surface area contributed by atoms with Crippen molar-refractivity contribution in [2.75, 3.05) is 20.8 Å². The van der Waals surface area contributed by atoms with Crippen molar-refractivity contribution in [3.63, 3.8) is 0 Å². The number of nitrogens with zero attached hydrogens (tertiary/aromatic N) is 1. The maximum atomic E-state index is 12.9. The van der Waals surface area contributed by atoms with Gasteiger partial charge in [0.25, 0.3) is 5.91 Å². The number of thioether (sulfide) groups is 1. The van der Waals surface area contributed by atoms with Crippen molar-refractivity contribution in [3.05, 3.63) is 53.7 Å². The number of nitrogens with one attached hydrogen (secondary N) is 1. The number of aromatic nitrogens is 1. The van der Waals surface area contributed by atoms with E-state index in [9.17, 15) is 4.79 Å². The molecule has 0 saturated carbocycles. The van der Waals surface area contributed by atoms with Crippen LogP contribution in [0.3, 0.4) is 0 Å². The highest BCUT2D eigenvalue weighted by Crippen LogP contribution is 2.38. The van der Waals surface area contributed by atoms with Gasteiger partial charge >= 0.3 is 0 Å². The maximum Gasteiger partial charge on any atom is 0.267 e. The van der Waals surface area contributed by atoms with Crippen molar-refractivity contribution in [1.82, 2.24) is 9.88 Å². The number of methoxy groups -OCH3 is 2. The lowest BCUT2D eigenvalue weighted by atomic mass is 10.1. The van der Waals surface area contributed by atoms with Crippen molar-refractivity contribution in [3.8, 4) is 11.5 Å². The van der Waals surface area contributed by atoms with Crippen molar-refractivity contribution >= 4 is 28.6 Å². The van der Waals surface area contributed by atoms with Crippen LogP contribution < -0.4 is 14.8 Å². The van der Waals surface area contributed by atoms with E-state index in [1.807, 2.05) is 36.0 Å². The molecule has 146 valence electrons. The predicted molar refractivity (Wildman–Crippen MR) is 113 cm³/mol. The third-order valence-electron chi connectivity index (χ3n) is 5.03. The molecule has 0 aliphatic carbocycles. The monoisotopic (exact) mass is 396 g/mol. The Labute approximate surface area is 169 Å². The Balaban J connectivity index is 1.48. The molecule has 1 aliphatic rings. The maximum absolute atomic E-state index is 12.9. The second-order valence-corrected chi connectivity index (χ2v) is 8.44. The second-order valence-electron chi connectivity index (χ2n) is 6.96. The molecule has 0 fully saturated rings. The van der Waals surface area contributed by atoms with Crippen LogP contribution in [-0.2, 0) is 13.0 Å². The summed E-state index contributed by atoms with van der Waals surface area (Å²) >= 11 is 1.88. The molecule has 28 heavy (non-hydrogen) atoms. The van der Waals surface area contributed by atoms with Crippen molar-refractivity contribution in [2.45, 2.75) is 30.0 Å². The van der Waals surface area contributed by atoms with E-state index in [4.69, 9.17) is 9.47 Å². The van der Waals surface area contributed by atoms with Gasteiger partial charge in [-0.15, -0.1) is 11.8 Å². The largest absolute Gasteiger partial charge is 0.493 e. The first kappa shape index (κ1) is 18.7. The minimum atomic E-state index is -0.0262. The van der Waals surface area contributed by atoms with Crippen LogP contribution in [0.2, 0.25) is 0 Å². The van der Waals surface area contributed by atoms with Crippen LogP contribution in [0.25, 0.3) is 10.9 Å². The Hall–Kier alpha value is -2.60. The first-order chi connectivity index (χ1) is 13.6. The molecule has 0 spiro atoms. The molecule has 1 N–H and O–H groups in total. The van der Waals surface area contributed by atoms with E-state index in [1.54, 1.807) is 14.2 Å². The van der Waals surface area contributed by atoms with Crippen LogP contribution >= 0.6 is 11.8 Å². The first-order valence-electron chi connectivity index (χ1n) is 9.38. The van der Waals surface area contributed by atoms with Gasteiger partial charge in [-0.25, -0.2) is 0 Å². The summed E-state index contributed by atoms with van der Waals surface area (Å²) < 4.78 is 12.8. The Morgan fingerprint density at radius 1 is 1.18 bits per heavy atom. The van der Waals surface area contributed by atoms with Gasteiger partial charge in [-0.2, -0.15) is 0 Å². The van der Waals surface area contributed by atoms with Crippen molar-refractivity contribution < 1.29 is 14.3 Å². The van der Waals surface area contributed by atoms with Crippen LogP contribution in [0, 0.1) is 0 Å². The van der Waals surface area contributed by atoms with Crippen molar-refractivity contribution in [1.29, 1.82) is 0 Å². The third kappa shape index (κ3) is 3.44. The fraction of sp³-hybridized carbons (Fsp3) is 0.318. The number of rotatable bonds is 6. The van der Waals surface area contributed by atoms with Crippen molar-refractivity contribution in [2.24, 2.45) is 0 Å². The number of hydrogen-bond donors (Lipinski definition) is 1. The molecule has 1 aromatic heterocycles. The van der Waals surface area contributed by atoms with Gasteiger partial charge in [-0.1, -0.05) is 25.1 Å². The number of carbonyl (C=O) groups excluding carboxylic acids is 1. The summed E-state index contributed by atoms with van der Waals surface area (Å²) in [6.07, 6.45) is 0.726. The average Bonchev–Trinajstić information content (AvgIpc) is 3.07. The SMILES string of the molecule is COc1ccc(CCNC(=O)c2cc3cccc4c3n2C[C@H](C)S4)cc1OC. The van der Waals surface area contributed by atoms with Crippen LogP contribution in [0.4, 0.5) is 0 Å². The van der Waals surface area contributed by atoms with Gasteiger partial charge in [-0.3, -0.25) is 4.79 Å². The van der Waals surface area contributed by atoms with Crippen LogP contribution in [0.15, 0.2) is 47.4 Å². The number of carbonyl (C=O) groups is 1. The number of hydrogen-bond acceptors (Lipinski definition) is 4. The zero-order valence-electron chi connectivity index (χ0n) is 16.3. The highest BCUT2D eigenvalue weighted by molar-refractivity contribution is 8.00. The summed E-state index contributed by atoms with van der Waals surface area (Å²) in [5.41, 5.74) is 3.00.